The van der Waals surface area contributed by atoms with Gasteiger partial charge in [0.05, 0.1) is 0 Å². The van der Waals surface area contributed by atoms with Crippen LogP contribution in [0.5, 0.6) is 0 Å². The average molecular weight is 220 g/mol. The van der Waals surface area contributed by atoms with Crippen LogP contribution in [0.15, 0.2) is 36.1 Å². The summed E-state index contributed by atoms with van der Waals surface area (Å²) in [6.45, 7) is 4.12. The Bertz CT molecular complexity index is 338. The largest absolute Gasteiger partial charge is 0.483 e. The molecule has 0 aromatic heterocycles. The van der Waals surface area contributed by atoms with Gasteiger partial charge >= 0.3 is 0 Å². The summed E-state index contributed by atoms with van der Waals surface area (Å²) >= 11 is 0. The zero-order valence-electron chi connectivity index (χ0n) is 10.5. The Labute approximate surface area is 97.9 Å². The summed E-state index contributed by atoms with van der Waals surface area (Å²) in [6, 6.07) is 8.63. The second kappa shape index (κ2) is 6.33. The fourth-order valence-corrected chi connectivity index (χ4v) is 1.46. The van der Waals surface area contributed by atoms with Gasteiger partial charge in [-0.1, -0.05) is 29.8 Å². The molecule has 0 spiro atoms. The van der Waals surface area contributed by atoms with Crippen molar-refractivity contribution in [3.8, 4) is 0 Å². The summed E-state index contributed by atoms with van der Waals surface area (Å²) in [4.78, 5) is 0. The molecule has 0 aliphatic carbocycles. The fraction of sp³-hybridized carbons (Fsp3) is 0.429. The molecule has 1 unspecified atom stereocenters. The van der Waals surface area contributed by atoms with E-state index in [1.54, 1.807) is 14.2 Å². The highest BCUT2D eigenvalue weighted by molar-refractivity contribution is 5.25. The van der Waals surface area contributed by atoms with Gasteiger partial charge in [-0.25, -0.2) is 0 Å². The Morgan fingerprint density at radius 3 is 2.25 bits per heavy atom. The highest BCUT2D eigenvalue weighted by atomic mass is 16.6. The van der Waals surface area contributed by atoms with Crippen LogP contribution in [0.25, 0.3) is 0 Å². The van der Waals surface area contributed by atoms with Gasteiger partial charge in [-0.05, 0) is 25.5 Å². The molecule has 1 atom stereocenters. The number of allylic oxidation sites excluding steroid dienone is 1. The third-order valence-electron chi connectivity index (χ3n) is 2.36. The minimum absolute atomic E-state index is 0.354. The van der Waals surface area contributed by atoms with E-state index in [0.29, 0.717) is 6.10 Å². The highest BCUT2D eigenvalue weighted by Crippen LogP contribution is 2.29. The van der Waals surface area contributed by atoms with E-state index >= 15 is 0 Å². The van der Waals surface area contributed by atoms with Gasteiger partial charge in [0.2, 0.25) is 0 Å². The highest BCUT2D eigenvalue weighted by Gasteiger charge is 2.31. The Kier molecular flexibility index (Phi) is 5.06. The lowest BCUT2D eigenvalue weighted by Crippen LogP contribution is -1.91. The van der Waals surface area contributed by atoms with Crippen LogP contribution in [0.1, 0.15) is 18.1 Å². The topological polar surface area (TPSA) is 21.8 Å². The number of hydrogen-bond donors (Lipinski definition) is 0. The molecule has 2 nitrogen and oxygen atoms in total. The van der Waals surface area contributed by atoms with Gasteiger partial charge in [-0.3, -0.25) is 0 Å². The number of ether oxygens (including phenoxy) is 2. The predicted octanol–water partition coefficient (Wildman–Crippen LogP) is 3.10. The molecule has 1 aliphatic heterocycles. The van der Waals surface area contributed by atoms with Crippen LogP contribution < -0.4 is 0 Å². The number of benzene rings is 1. The molecule has 1 aromatic carbocycles. The second-order valence-electron chi connectivity index (χ2n) is 3.90. The van der Waals surface area contributed by atoms with Crippen molar-refractivity contribution < 1.29 is 9.47 Å². The Morgan fingerprint density at radius 1 is 1.25 bits per heavy atom. The Morgan fingerprint density at radius 2 is 1.81 bits per heavy atom. The van der Waals surface area contributed by atoms with Crippen LogP contribution in [0.2, 0.25) is 0 Å². The molecule has 1 saturated heterocycles. The molecule has 0 saturated carbocycles. The number of epoxide rings is 1. The van der Waals surface area contributed by atoms with Crippen LogP contribution in [-0.2, 0) is 15.9 Å². The van der Waals surface area contributed by atoms with Crippen molar-refractivity contribution in [1.82, 2.24) is 0 Å². The van der Waals surface area contributed by atoms with E-state index < -0.39 is 0 Å². The van der Waals surface area contributed by atoms with Gasteiger partial charge in [-0.15, -0.1) is 0 Å². The molecule has 16 heavy (non-hydrogen) atoms. The monoisotopic (exact) mass is 220 g/mol. The van der Waals surface area contributed by atoms with Crippen molar-refractivity contribution in [2.24, 2.45) is 0 Å². The van der Waals surface area contributed by atoms with Crippen molar-refractivity contribution in [2.45, 2.75) is 26.4 Å². The van der Waals surface area contributed by atoms with E-state index in [-0.39, 0.29) is 0 Å². The van der Waals surface area contributed by atoms with Gasteiger partial charge in [0, 0.05) is 20.6 Å². The van der Waals surface area contributed by atoms with Crippen molar-refractivity contribution >= 4 is 0 Å². The third kappa shape index (κ3) is 4.07. The van der Waals surface area contributed by atoms with Crippen LogP contribution >= 0.6 is 0 Å². The van der Waals surface area contributed by atoms with Crippen LogP contribution in [-0.4, -0.2) is 20.3 Å². The van der Waals surface area contributed by atoms with Crippen molar-refractivity contribution in [3.05, 3.63) is 47.2 Å². The van der Waals surface area contributed by atoms with Gasteiger partial charge in [0.15, 0.2) is 6.10 Å². The second-order valence-corrected chi connectivity index (χ2v) is 3.90. The minimum atomic E-state index is 0.354. The summed E-state index contributed by atoms with van der Waals surface area (Å²) < 4.78 is 9.61. The lowest BCUT2D eigenvalue weighted by molar-refractivity contribution is 0.277. The number of methoxy groups -OCH3 is 1. The maximum Gasteiger partial charge on any atom is 0.159 e. The first-order valence-electron chi connectivity index (χ1n) is 5.49. The van der Waals surface area contributed by atoms with Gasteiger partial charge in [0.1, 0.15) is 5.76 Å². The summed E-state index contributed by atoms with van der Waals surface area (Å²) in [5.41, 5.74) is 2.67. The van der Waals surface area contributed by atoms with E-state index in [1.807, 2.05) is 13.0 Å². The number of aryl methyl sites for hydroxylation is 1. The van der Waals surface area contributed by atoms with E-state index in [1.165, 1.54) is 11.1 Å². The summed E-state index contributed by atoms with van der Waals surface area (Å²) in [6.07, 6.45) is 3.41. The van der Waals surface area contributed by atoms with Crippen LogP contribution in [0.4, 0.5) is 0 Å². The summed E-state index contributed by atoms with van der Waals surface area (Å²) in [7, 11) is 3.25. The molecular weight excluding hydrogens is 200 g/mol. The van der Waals surface area contributed by atoms with Gasteiger partial charge in [0.25, 0.3) is 0 Å². The standard InChI is InChI=1S/C12H14O.C2H6O/c1-3-11-12(13-11)8-10-6-4-9(2)5-7-10;1-3-2/h3-7,12H,8H2,1-2H3;1-2H3/b11-3-;. The molecule has 0 bridgehead atoms. The SMILES string of the molecule is C/C=C1\OC1Cc1ccc(C)cc1.COC. The summed E-state index contributed by atoms with van der Waals surface area (Å²) in [5, 5.41) is 0. The molecule has 0 radical (unpaired) electrons. The fourth-order valence-electron chi connectivity index (χ4n) is 1.46. The molecule has 2 rings (SSSR count). The molecule has 1 aromatic rings. The number of hydrogen-bond acceptors (Lipinski definition) is 2. The lowest BCUT2D eigenvalue weighted by Gasteiger charge is -1.96. The van der Waals surface area contributed by atoms with E-state index in [9.17, 15) is 0 Å². The molecule has 1 aliphatic rings. The van der Waals surface area contributed by atoms with E-state index in [4.69, 9.17) is 4.74 Å². The minimum Gasteiger partial charge on any atom is -0.483 e. The molecule has 2 heteroatoms. The maximum absolute atomic E-state index is 5.36. The molecule has 0 N–H and O–H groups in total. The average Bonchev–Trinajstić information content (AvgIpc) is 3.01. The van der Waals surface area contributed by atoms with Gasteiger partial charge < -0.3 is 9.47 Å². The normalized spacial score (nSPS) is 19.8. The molecule has 88 valence electrons. The van der Waals surface area contributed by atoms with Crippen molar-refractivity contribution in [1.29, 1.82) is 0 Å². The van der Waals surface area contributed by atoms with Crippen molar-refractivity contribution in [3.63, 3.8) is 0 Å². The quantitative estimate of drug-likeness (QED) is 0.714. The maximum atomic E-state index is 5.36. The van der Waals surface area contributed by atoms with E-state index in [0.717, 1.165) is 12.2 Å². The Hall–Kier alpha value is -1.28. The smallest absolute Gasteiger partial charge is 0.159 e. The Balaban J connectivity index is 0.000000386. The van der Waals surface area contributed by atoms with E-state index in [2.05, 4.69) is 35.9 Å². The molecular formula is C14H20O2. The molecule has 1 fully saturated rings. The first-order valence-corrected chi connectivity index (χ1v) is 5.49. The molecule has 0 amide bonds. The first-order chi connectivity index (χ1) is 7.71. The van der Waals surface area contributed by atoms with Gasteiger partial charge in [-0.2, -0.15) is 0 Å². The summed E-state index contributed by atoms with van der Waals surface area (Å²) in [5.74, 6) is 1.14. The van der Waals surface area contributed by atoms with Crippen LogP contribution in [0.3, 0.4) is 0 Å². The number of rotatable bonds is 2. The zero-order valence-corrected chi connectivity index (χ0v) is 10.5. The van der Waals surface area contributed by atoms with Crippen molar-refractivity contribution in [2.75, 3.05) is 14.2 Å². The lowest BCUT2D eigenvalue weighted by atomic mass is 10.1. The first kappa shape index (κ1) is 12.8. The van der Waals surface area contributed by atoms with Crippen LogP contribution in [0, 0.1) is 6.92 Å². The zero-order chi connectivity index (χ0) is 12.0. The third-order valence-corrected chi connectivity index (χ3v) is 2.36. The predicted molar refractivity (Wildman–Crippen MR) is 66.4 cm³/mol. The molecule has 1 heterocycles.